The van der Waals surface area contributed by atoms with Gasteiger partial charge in [-0.1, -0.05) is 13.8 Å². The molecule has 0 radical (unpaired) electrons. The summed E-state index contributed by atoms with van der Waals surface area (Å²) in [6, 6.07) is 4.26. The van der Waals surface area contributed by atoms with Gasteiger partial charge in [0, 0.05) is 0 Å². The minimum atomic E-state index is -0.460. The zero-order valence-corrected chi connectivity index (χ0v) is 10.9. The molecule has 0 fully saturated rings. The van der Waals surface area contributed by atoms with Crippen molar-refractivity contribution in [1.29, 1.82) is 0 Å². The van der Waals surface area contributed by atoms with Gasteiger partial charge in [-0.25, -0.2) is 4.79 Å². The van der Waals surface area contributed by atoms with E-state index >= 15 is 0 Å². The van der Waals surface area contributed by atoms with E-state index in [-0.39, 0.29) is 25.0 Å². The summed E-state index contributed by atoms with van der Waals surface area (Å²) >= 11 is 0. The molecule has 0 saturated carbocycles. The minimum Gasteiger partial charge on any atom is -0.504 e. The van der Waals surface area contributed by atoms with Gasteiger partial charge in [0.25, 0.3) is 0 Å². The van der Waals surface area contributed by atoms with Gasteiger partial charge in [-0.3, -0.25) is 0 Å². The van der Waals surface area contributed by atoms with Gasteiger partial charge in [-0.05, 0) is 18.2 Å². The molecule has 0 atom stereocenters. The first-order valence-corrected chi connectivity index (χ1v) is 4.64. The second-order valence-corrected chi connectivity index (χ2v) is 2.38. The number of phenols is 1. The van der Waals surface area contributed by atoms with E-state index in [0.29, 0.717) is 5.56 Å². The number of benzene rings is 1. The lowest BCUT2D eigenvalue weighted by Gasteiger charge is -2.04. The van der Waals surface area contributed by atoms with E-state index in [9.17, 15) is 9.90 Å². The van der Waals surface area contributed by atoms with Crippen molar-refractivity contribution < 1.29 is 19.4 Å². The first kappa shape index (κ1) is 17.0. The van der Waals surface area contributed by atoms with Crippen LogP contribution in [0.2, 0.25) is 0 Å². The van der Waals surface area contributed by atoms with E-state index in [1.54, 1.807) is 0 Å². The number of esters is 1. The maximum atomic E-state index is 11.0. The predicted molar refractivity (Wildman–Crippen MR) is 67.7 cm³/mol. The lowest BCUT2D eigenvalue weighted by molar-refractivity contribution is 0.0600. The Morgan fingerprint density at radius 2 is 1.81 bits per heavy atom. The fourth-order valence-electron chi connectivity index (χ4n) is 0.922. The number of phenolic OH excluding ortho intramolecular Hbond substituents is 1. The Morgan fingerprint density at radius 3 is 2.25 bits per heavy atom. The lowest BCUT2D eigenvalue weighted by Crippen LogP contribution is -2.01. The Hall–Kier alpha value is -1.36. The molecule has 0 unspecified atom stereocenters. The van der Waals surface area contributed by atoms with Gasteiger partial charge in [0.05, 0.1) is 19.8 Å². The standard InChI is InChI=1S/C9H10O4.C2H6.H2S/c1-12-8-5-6(9(11)13-2)3-4-7(8)10;1-2;/h3-5,10H,1-2H3;1-2H3;1H2. The SMILES string of the molecule is CC.COC(=O)c1ccc(O)c(OC)c1.S. The maximum absolute atomic E-state index is 11.0. The van der Waals surface area contributed by atoms with Crippen LogP contribution in [0.1, 0.15) is 24.2 Å². The second kappa shape index (κ2) is 8.91. The molecule has 16 heavy (non-hydrogen) atoms. The number of ether oxygens (including phenoxy) is 2. The van der Waals surface area contributed by atoms with E-state index in [1.165, 1.54) is 32.4 Å². The molecular weight excluding hydrogens is 228 g/mol. The van der Waals surface area contributed by atoms with E-state index in [4.69, 9.17) is 4.74 Å². The van der Waals surface area contributed by atoms with Gasteiger partial charge >= 0.3 is 5.97 Å². The van der Waals surface area contributed by atoms with Crippen LogP contribution in [0.15, 0.2) is 18.2 Å². The second-order valence-electron chi connectivity index (χ2n) is 2.38. The van der Waals surface area contributed by atoms with Gasteiger partial charge < -0.3 is 14.6 Å². The van der Waals surface area contributed by atoms with E-state index in [1.807, 2.05) is 13.8 Å². The summed E-state index contributed by atoms with van der Waals surface area (Å²) in [6.07, 6.45) is 0. The largest absolute Gasteiger partial charge is 0.504 e. The number of carbonyl (C=O) groups excluding carboxylic acids is 1. The lowest BCUT2D eigenvalue weighted by atomic mass is 10.2. The van der Waals surface area contributed by atoms with Crippen molar-refractivity contribution >= 4 is 19.5 Å². The molecule has 0 aromatic heterocycles. The first-order valence-electron chi connectivity index (χ1n) is 4.64. The molecule has 0 aliphatic carbocycles. The van der Waals surface area contributed by atoms with Crippen molar-refractivity contribution in [3.05, 3.63) is 23.8 Å². The number of hydrogen-bond donors (Lipinski definition) is 1. The quantitative estimate of drug-likeness (QED) is 0.814. The summed E-state index contributed by atoms with van der Waals surface area (Å²) in [5.74, 6) is -0.212. The van der Waals surface area contributed by atoms with Crippen molar-refractivity contribution in [3.8, 4) is 11.5 Å². The number of carbonyl (C=O) groups is 1. The van der Waals surface area contributed by atoms with Crippen molar-refractivity contribution in [2.45, 2.75) is 13.8 Å². The molecule has 0 bridgehead atoms. The highest BCUT2D eigenvalue weighted by atomic mass is 32.1. The van der Waals surface area contributed by atoms with Crippen molar-refractivity contribution in [2.75, 3.05) is 14.2 Å². The van der Waals surface area contributed by atoms with E-state index < -0.39 is 5.97 Å². The van der Waals surface area contributed by atoms with Gasteiger partial charge in [-0.2, -0.15) is 13.5 Å². The van der Waals surface area contributed by atoms with Crippen LogP contribution < -0.4 is 4.74 Å². The highest BCUT2D eigenvalue weighted by Crippen LogP contribution is 2.26. The summed E-state index contributed by atoms with van der Waals surface area (Å²) in [6.45, 7) is 4.00. The summed E-state index contributed by atoms with van der Waals surface area (Å²) in [5.41, 5.74) is 0.345. The molecule has 0 saturated heterocycles. The molecular formula is C11H18O4S. The molecule has 0 heterocycles. The molecule has 0 spiro atoms. The maximum Gasteiger partial charge on any atom is 0.337 e. The van der Waals surface area contributed by atoms with Gasteiger partial charge in [0.15, 0.2) is 11.5 Å². The van der Waals surface area contributed by atoms with Crippen LogP contribution in [0.5, 0.6) is 11.5 Å². The summed E-state index contributed by atoms with van der Waals surface area (Å²) in [5, 5.41) is 9.21. The molecule has 1 aromatic rings. The molecule has 4 nitrogen and oxygen atoms in total. The average Bonchev–Trinajstić information content (AvgIpc) is 2.31. The minimum absolute atomic E-state index is 0. The molecule has 0 aliphatic rings. The van der Waals surface area contributed by atoms with Gasteiger partial charge in [0.2, 0.25) is 0 Å². The Morgan fingerprint density at radius 1 is 1.25 bits per heavy atom. The monoisotopic (exact) mass is 246 g/mol. The number of rotatable bonds is 2. The Kier molecular flexibility index (Phi) is 9.49. The number of aromatic hydroxyl groups is 1. The molecule has 0 amide bonds. The van der Waals surface area contributed by atoms with Crippen molar-refractivity contribution in [3.63, 3.8) is 0 Å². The topological polar surface area (TPSA) is 55.8 Å². The third kappa shape index (κ3) is 4.44. The van der Waals surface area contributed by atoms with E-state index in [0.717, 1.165) is 0 Å². The predicted octanol–water partition coefficient (Wildman–Crippen LogP) is 2.33. The molecule has 1 N–H and O–H groups in total. The van der Waals surface area contributed by atoms with E-state index in [2.05, 4.69) is 4.74 Å². The highest BCUT2D eigenvalue weighted by Gasteiger charge is 2.08. The Bertz CT molecular complexity index is 326. The fraction of sp³-hybridized carbons (Fsp3) is 0.364. The molecule has 0 aliphatic heterocycles. The summed E-state index contributed by atoms with van der Waals surface area (Å²) in [7, 11) is 2.71. The zero-order chi connectivity index (χ0) is 11.8. The summed E-state index contributed by atoms with van der Waals surface area (Å²) < 4.78 is 9.32. The molecule has 1 aromatic carbocycles. The summed E-state index contributed by atoms with van der Waals surface area (Å²) in [4.78, 5) is 11.0. The smallest absolute Gasteiger partial charge is 0.337 e. The van der Waals surface area contributed by atoms with Crippen LogP contribution in [-0.2, 0) is 4.74 Å². The van der Waals surface area contributed by atoms with Crippen LogP contribution in [0.25, 0.3) is 0 Å². The average molecular weight is 246 g/mol. The normalized spacial score (nSPS) is 8.00. The van der Waals surface area contributed by atoms with Crippen LogP contribution >= 0.6 is 13.5 Å². The van der Waals surface area contributed by atoms with Crippen molar-refractivity contribution in [2.24, 2.45) is 0 Å². The molecule has 92 valence electrons. The van der Waals surface area contributed by atoms with Crippen LogP contribution in [0, 0.1) is 0 Å². The first-order chi connectivity index (χ1) is 7.19. The third-order valence-electron chi connectivity index (χ3n) is 1.60. The van der Waals surface area contributed by atoms with Crippen LogP contribution in [0.3, 0.4) is 0 Å². The Labute approximate surface area is 103 Å². The third-order valence-corrected chi connectivity index (χ3v) is 1.60. The van der Waals surface area contributed by atoms with Crippen LogP contribution in [0.4, 0.5) is 0 Å². The molecule has 1 rings (SSSR count). The number of methoxy groups -OCH3 is 2. The zero-order valence-electron chi connectivity index (χ0n) is 9.90. The number of hydrogen-bond acceptors (Lipinski definition) is 4. The van der Waals surface area contributed by atoms with Crippen molar-refractivity contribution in [1.82, 2.24) is 0 Å². The Balaban J connectivity index is 0. The van der Waals surface area contributed by atoms with Gasteiger partial charge in [-0.15, -0.1) is 0 Å². The van der Waals surface area contributed by atoms with Crippen LogP contribution in [-0.4, -0.2) is 25.3 Å². The fourth-order valence-corrected chi connectivity index (χ4v) is 0.922. The highest BCUT2D eigenvalue weighted by molar-refractivity contribution is 7.59. The van der Waals surface area contributed by atoms with Gasteiger partial charge in [0.1, 0.15) is 0 Å². The molecule has 5 heteroatoms.